The van der Waals surface area contributed by atoms with Gasteiger partial charge in [0.25, 0.3) is 0 Å². The van der Waals surface area contributed by atoms with Gasteiger partial charge in [-0.2, -0.15) is 0 Å². The number of nitrogens with zero attached hydrogens (tertiary/aromatic N) is 1. The number of esters is 3. The predicted octanol–water partition coefficient (Wildman–Crippen LogP) is -0.369. The van der Waals surface area contributed by atoms with Gasteiger partial charge < -0.3 is 28.6 Å². The first-order valence-electron chi connectivity index (χ1n) is 7.97. The van der Waals surface area contributed by atoms with Crippen molar-refractivity contribution in [3.05, 3.63) is 0 Å². The topological polar surface area (TPSA) is 118 Å². The Morgan fingerprint density at radius 1 is 0.923 bits per heavy atom. The van der Waals surface area contributed by atoms with Crippen LogP contribution in [0.2, 0.25) is 0 Å². The number of amides is 1. The fourth-order valence-corrected chi connectivity index (χ4v) is 2.70. The highest BCUT2D eigenvalue weighted by atomic mass is 16.7. The Hall–Kier alpha value is -2.20. The minimum atomic E-state index is -1.10. The van der Waals surface area contributed by atoms with Gasteiger partial charge in [0, 0.05) is 41.9 Å². The van der Waals surface area contributed by atoms with Crippen LogP contribution < -0.4 is 0 Å². The molecular weight excluding hydrogens is 350 g/mol. The van der Waals surface area contributed by atoms with Crippen molar-refractivity contribution in [2.45, 2.75) is 58.3 Å². The molecule has 148 valence electrons. The van der Waals surface area contributed by atoms with E-state index in [0.29, 0.717) is 0 Å². The Morgan fingerprint density at radius 2 is 1.46 bits per heavy atom. The van der Waals surface area contributed by atoms with E-state index in [2.05, 4.69) is 0 Å². The summed E-state index contributed by atoms with van der Waals surface area (Å²) in [6.45, 7) is 4.66. The van der Waals surface area contributed by atoms with Gasteiger partial charge in [0.2, 0.25) is 5.91 Å². The highest BCUT2D eigenvalue weighted by molar-refractivity contribution is 5.73. The van der Waals surface area contributed by atoms with Gasteiger partial charge >= 0.3 is 17.9 Å². The fourth-order valence-electron chi connectivity index (χ4n) is 2.70. The maximum atomic E-state index is 11.9. The monoisotopic (exact) mass is 375 g/mol. The molecular formula is C16H25NO9. The molecule has 0 saturated carbocycles. The third kappa shape index (κ3) is 5.67. The van der Waals surface area contributed by atoms with E-state index in [0.717, 1.165) is 0 Å². The molecule has 1 saturated heterocycles. The molecule has 0 aromatic carbocycles. The van der Waals surface area contributed by atoms with Crippen LogP contribution in [-0.2, 0) is 42.9 Å². The zero-order chi connectivity index (χ0) is 20.0. The molecule has 0 aliphatic carbocycles. The van der Waals surface area contributed by atoms with Crippen LogP contribution in [0.4, 0.5) is 0 Å². The average Bonchev–Trinajstić information content (AvgIpc) is 2.52. The summed E-state index contributed by atoms with van der Waals surface area (Å²) in [5, 5.41) is 0. The lowest BCUT2D eigenvalue weighted by molar-refractivity contribution is -0.283. The number of rotatable bonds is 6. The number of methoxy groups -OCH3 is 1. The first-order valence-corrected chi connectivity index (χ1v) is 7.97. The molecule has 26 heavy (non-hydrogen) atoms. The maximum absolute atomic E-state index is 11.9. The van der Waals surface area contributed by atoms with E-state index >= 15 is 0 Å². The zero-order valence-corrected chi connectivity index (χ0v) is 15.7. The van der Waals surface area contributed by atoms with Gasteiger partial charge in [-0.15, -0.1) is 0 Å². The van der Waals surface area contributed by atoms with Crippen molar-refractivity contribution >= 4 is 23.8 Å². The van der Waals surface area contributed by atoms with Crippen molar-refractivity contribution in [1.82, 2.24) is 4.90 Å². The van der Waals surface area contributed by atoms with E-state index in [-0.39, 0.29) is 12.5 Å². The third-order valence-electron chi connectivity index (χ3n) is 3.85. The second-order valence-electron chi connectivity index (χ2n) is 5.85. The van der Waals surface area contributed by atoms with Crippen LogP contribution in [0, 0.1) is 0 Å². The smallest absolute Gasteiger partial charge is 0.303 e. The molecule has 1 amide bonds. The maximum Gasteiger partial charge on any atom is 0.303 e. The number of carbonyl (C=O) groups is 4. The highest BCUT2D eigenvalue weighted by Gasteiger charge is 2.52. The summed E-state index contributed by atoms with van der Waals surface area (Å²) in [5.41, 5.74) is 0. The molecule has 1 aliphatic heterocycles. The fraction of sp³-hybridized carbons (Fsp3) is 0.750. The van der Waals surface area contributed by atoms with Gasteiger partial charge in [-0.1, -0.05) is 0 Å². The van der Waals surface area contributed by atoms with Crippen LogP contribution in [0.5, 0.6) is 0 Å². The Labute approximate surface area is 151 Å². The number of likely N-dealkylation sites (N-methyl/N-ethyl adjacent to an activating group) is 1. The minimum Gasteiger partial charge on any atom is -0.463 e. The van der Waals surface area contributed by atoms with Crippen LogP contribution in [0.25, 0.3) is 0 Å². The molecule has 0 radical (unpaired) electrons. The highest BCUT2D eigenvalue weighted by Crippen LogP contribution is 2.30. The van der Waals surface area contributed by atoms with Crippen molar-refractivity contribution in [2.24, 2.45) is 0 Å². The van der Waals surface area contributed by atoms with Gasteiger partial charge in [-0.25, -0.2) is 0 Å². The molecule has 0 aromatic rings. The molecule has 1 heterocycles. The largest absolute Gasteiger partial charge is 0.463 e. The number of hydrogen-bond acceptors (Lipinski definition) is 9. The molecule has 10 heteroatoms. The summed E-state index contributed by atoms with van der Waals surface area (Å²) < 4.78 is 26.6. The standard InChI is InChI=1S/C16H25NO9/c1-8(18)17(5)13-15(25-11(4)21)14(24-10(3)20)12(7-23-9(2)19)26-16(13)22-6/h12-16H,7H2,1-6H3/t12-,13-,14-,15-,16+/m1/s1. The zero-order valence-electron chi connectivity index (χ0n) is 15.7. The number of ether oxygens (including phenoxy) is 5. The van der Waals surface area contributed by atoms with Crippen molar-refractivity contribution in [3.8, 4) is 0 Å². The van der Waals surface area contributed by atoms with E-state index < -0.39 is 48.6 Å². The van der Waals surface area contributed by atoms with E-state index in [1.165, 1.54) is 46.8 Å². The van der Waals surface area contributed by atoms with E-state index in [9.17, 15) is 19.2 Å². The van der Waals surface area contributed by atoms with Gasteiger partial charge in [-0.05, 0) is 0 Å². The summed E-state index contributed by atoms with van der Waals surface area (Å²) in [6.07, 6.45) is -4.13. The van der Waals surface area contributed by atoms with Gasteiger partial charge in [0.15, 0.2) is 18.5 Å². The van der Waals surface area contributed by atoms with Crippen LogP contribution in [0.1, 0.15) is 27.7 Å². The lowest BCUT2D eigenvalue weighted by Crippen LogP contribution is -2.66. The predicted molar refractivity (Wildman–Crippen MR) is 85.6 cm³/mol. The molecule has 0 aromatic heterocycles. The molecule has 1 fully saturated rings. The Bertz CT molecular complexity index is 550. The molecule has 0 N–H and O–H groups in total. The third-order valence-corrected chi connectivity index (χ3v) is 3.85. The summed E-state index contributed by atoms with van der Waals surface area (Å²) in [4.78, 5) is 47.4. The summed E-state index contributed by atoms with van der Waals surface area (Å²) in [7, 11) is 2.83. The molecule has 10 nitrogen and oxygen atoms in total. The normalized spacial score (nSPS) is 28.0. The Morgan fingerprint density at radius 3 is 1.88 bits per heavy atom. The molecule has 0 bridgehead atoms. The molecule has 0 spiro atoms. The van der Waals surface area contributed by atoms with E-state index in [1.807, 2.05) is 0 Å². The SMILES string of the molecule is CO[C@H]1O[C@H](COC(C)=O)[C@@H](OC(C)=O)[C@H](OC(C)=O)[C@H]1N(C)C(C)=O. The molecule has 0 unspecified atom stereocenters. The first-order chi connectivity index (χ1) is 12.1. The van der Waals surface area contributed by atoms with Crippen molar-refractivity contribution < 1.29 is 42.9 Å². The van der Waals surface area contributed by atoms with E-state index in [1.54, 1.807) is 0 Å². The van der Waals surface area contributed by atoms with Crippen LogP contribution in [0.3, 0.4) is 0 Å². The van der Waals surface area contributed by atoms with Crippen LogP contribution in [0.15, 0.2) is 0 Å². The second-order valence-corrected chi connectivity index (χ2v) is 5.85. The Balaban J connectivity index is 3.29. The Kier molecular flexibility index (Phi) is 7.97. The van der Waals surface area contributed by atoms with Crippen molar-refractivity contribution in [3.63, 3.8) is 0 Å². The van der Waals surface area contributed by atoms with Crippen LogP contribution >= 0.6 is 0 Å². The number of hydrogen-bond donors (Lipinski definition) is 0. The lowest BCUT2D eigenvalue weighted by atomic mass is 9.95. The first kappa shape index (κ1) is 21.8. The van der Waals surface area contributed by atoms with Gasteiger partial charge in [-0.3, -0.25) is 19.2 Å². The summed E-state index contributed by atoms with van der Waals surface area (Å²) in [5.74, 6) is -2.19. The minimum absolute atomic E-state index is 0.249. The van der Waals surface area contributed by atoms with Crippen LogP contribution in [-0.4, -0.2) is 80.1 Å². The second kappa shape index (κ2) is 9.48. The van der Waals surface area contributed by atoms with E-state index in [4.69, 9.17) is 23.7 Å². The molecule has 5 atom stereocenters. The van der Waals surface area contributed by atoms with Gasteiger partial charge in [0.1, 0.15) is 18.8 Å². The quantitative estimate of drug-likeness (QED) is 0.452. The molecule has 1 aliphatic rings. The number of carbonyl (C=O) groups excluding carboxylic acids is 4. The summed E-state index contributed by atoms with van der Waals surface area (Å²) >= 11 is 0. The molecule has 1 rings (SSSR count). The average molecular weight is 375 g/mol. The van der Waals surface area contributed by atoms with Crippen molar-refractivity contribution in [2.75, 3.05) is 20.8 Å². The lowest BCUT2D eigenvalue weighted by Gasteiger charge is -2.47. The van der Waals surface area contributed by atoms with Crippen molar-refractivity contribution in [1.29, 1.82) is 0 Å². The summed E-state index contributed by atoms with van der Waals surface area (Å²) in [6, 6.07) is -0.876. The van der Waals surface area contributed by atoms with Gasteiger partial charge in [0.05, 0.1) is 0 Å².